The summed E-state index contributed by atoms with van der Waals surface area (Å²) in [7, 11) is 0. The number of nitrogens with zero attached hydrogens (tertiary/aromatic N) is 1. The molecule has 1 amide bonds. The van der Waals surface area contributed by atoms with Gasteiger partial charge in [0.05, 0.1) is 24.7 Å². The summed E-state index contributed by atoms with van der Waals surface area (Å²) in [6.07, 6.45) is 1.09. The van der Waals surface area contributed by atoms with E-state index in [2.05, 4.69) is 34.5 Å². The molecule has 2 saturated heterocycles. The first-order valence-electron chi connectivity index (χ1n) is 10.7. The van der Waals surface area contributed by atoms with Crippen molar-refractivity contribution in [2.75, 3.05) is 44.4 Å². The van der Waals surface area contributed by atoms with Crippen LogP contribution >= 0.6 is 0 Å². The fourth-order valence-electron chi connectivity index (χ4n) is 4.37. The molecule has 4 rings (SSSR count). The zero-order valence-electron chi connectivity index (χ0n) is 17.4. The lowest BCUT2D eigenvalue weighted by molar-refractivity contribution is -0.131. The highest BCUT2D eigenvalue weighted by Crippen LogP contribution is 2.36. The number of halogens is 1. The number of anilines is 1. The summed E-state index contributed by atoms with van der Waals surface area (Å²) in [5.74, 6) is -0.390. The van der Waals surface area contributed by atoms with Gasteiger partial charge in [-0.3, -0.25) is 4.79 Å². The van der Waals surface area contributed by atoms with Crippen molar-refractivity contribution in [3.05, 3.63) is 65.5 Å². The number of carbonyl (C=O) groups excluding carboxylic acids is 1. The minimum absolute atomic E-state index is 0.0684. The van der Waals surface area contributed by atoms with Crippen LogP contribution in [-0.4, -0.2) is 45.4 Å². The largest absolute Gasteiger partial charge is 0.381 e. The van der Waals surface area contributed by atoms with E-state index in [-0.39, 0.29) is 17.8 Å². The minimum atomic E-state index is -0.762. The fraction of sp³-hybridized carbons (Fsp3) is 0.458. The molecule has 2 fully saturated rings. The molecular weight excluding hydrogens is 383 g/mol. The molecule has 0 bridgehead atoms. The Morgan fingerprint density at radius 3 is 2.37 bits per heavy atom. The summed E-state index contributed by atoms with van der Waals surface area (Å²) >= 11 is 0. The van der Waals surface area contributed by atoms with E-state index >= 15 is 0 Å². The molecule has 1 N–H and O–H groups in total. The summed E-state index contributed by atoms with van der Waals surface area (Å²) in [4.78, 5) is 15.7. The lowest BCUT2D eigenvalue weighted by Crippen LogP contribution is -2.48. The number of amides is 1. The van der Waals surface area contributed by atoms with E-state index in [1.165, 1.54) is 17.8 Å². The third-order valence-corrected chi connectivity index (χ3v) is 6.28. The Bertz CT molecular complexity index is 859. The molecule has 0 aliphatic carbocycles. The minimum Gasteiger partial charge on any atom is -0.381 e. The van der Waals surface area contributed by atoms with E-state index < -0.39 is 5.41 Å². The molecule has 2 aromatic rings. The van der Waals surface area contributed by atoms with E-state index in [0.717, 1.165) is 37.4 Å². The summed E-state index contributed by atoms with van der Waals surface area (Å²) in [5, 5.41) is 3.17. The van der Waals surface area contributed by atoms with Gasteiger partial charge in [-0.15, -0.1) is 0 Å². The maximum absolute atomic E-state index is 13.9. The molecule has 2 heterocycles. The van der Waals surface area contributed by atoms with Crippen molar-refractivity contribution in [2.45, 2.75) is 31.2 Å². The standard InChI is InChI=1S/C24H29FN2O3/c1-18(19-5-7-22(8-6-19)27-11-15-30-16-12-27)26-23(28)24(9-13-29-14-10-24)20-3-2-4-21(25)17-20/h2-8,17-18H,9-16H2,1H3,(H,26,28)/t18-/m1/s1. The van der Waals surface area contributed by atoms with Crippen LogP contribution in [0.15, 0.2) is 48.5 Å². The number of hydrogen-bond acceptors (Lipinski definition) is 4. The van der Waals surface area contributed by atoms with Crippen LogP contribution < -0.4 is 10.2 Å². The number of nitrogens with one attached hydrogen (secondary N) is 1. The van der Waals surface area contributed by atoms with Gasteiger partial charge in [-0.2, -0.15) is 0 Å². The van der Waals surface area contributed by atoms with Crippen molar-refractivity contribution in [3.8, 4) is 0 Å². The summed E-state index contributed by atoms with van der Waals surface area (Å²) in [5.41, 5.74) is 2.17. The lowest BCUT2D eigenvalue weighted by atomic mass is 9.73. The van der Waals surface area contributed by atoms with Crippen molar-refractivity contribution in [1.29, 1.82) is 0 Å². The predicted molar refractivity (Wildman–Crippen MR) is 114 cm³/mol. The molecular formula is C24H29FN2O3. The lowest BCUT2D eigenvalue weighted by Gasteiger charge is -2.37. The molecule has 1 atom stereocenters. The Morgan fingerprint density at radius 1 is 1.03 bits per heavy atom. The van der Waals surface area contributed by atoms with Crippen LogP contribution in [0.25, 0.3) is 0 Å². The molecule has 0 radical (unpaired) electrons. The zero-order chi connectivity index (χ0) is 21.0. The first kappa shape index (κ1) is 20.8. The first-order valence-corrected chi connectivity index (χ1v) is 10.7. The molecule has 0 unspecified atom stereocenters. The van der Waals surface area contributed by atoms with Gasteiger partial charge < -0.3 is 19.7 Å². The number of rotatable bonds is 5. The summed E-state index contributed by atoms with van der Waals surface area (Å²) in [6, 6.07) is 14.6. The van der Waals surface area contributed by atoms with Gasteiger partial charge in [0, 0.05) is 32.0 Å². The average molecular weight is 413 g/mol. The van der Waals surface area contributed by atoms with Crippen LogP contribution in [0, 0.1) is 5.82 Å². The third-order valence-electron chi connectivity index (χ3n) is 6.28. The molecule has 0 spiro atoms. The van der Waals surface area contributed by atoms with E-state index in [4.69, 9.17) is 9.47 Å². The number of morpholine rings is 1. The van der Waals surface area contributed by atoms with Gasteiger partial charge in [0.2, 0.25) is 5.91 Å². The Morgan fingerprint density at radius 2 is 1.70 bits per heavy atom. The van der Waals surface area contributed by atoms with Crippen molar-refractivity contribution < 1.29 is 18.7 Å². The molecule has 30 heavy (non-hydrogen) atoms. The Kier molecular flexibility index (Phi) is 6.35. The highest BCUT2D eigenvalue weighted by Gasteiger charge is 2.42. The maximum atomic E-state index is 13.9. The predicted octanol–water partition coefficient (Wildman–Crippen LogP) is 3.59. The van der Waals surface area contributed by atoms with Crippen molar-refractivity contribution in [2.24, 2.45) is 0 Å². The van der Waals surface area contributed by atoms with Crippen LogP contribution in [0.2, 0.25) is 0 Å². The molecule has 5 nitrogen and oxygen atoms in total. The van der Waals surface area contributed by atoms with Gasteiger partial charge in [0.15, 0.2) is 0 Å². The van der Waals surface area contributed by atoms with E-state index in [1.807, 2.05) is 13.0 Å². The summed E-state index contributed by atoms with van der Waals surface area (Å²) in [6.45, 7) is 6.26. The van der Waals surface area contributed by atoms with E-state index in [9.17, 15) is 9.18 Å². The SMILES string of the molecule is C[C@@H](NC(=O)C1(c2cccc(F)c2)CCOCC1)c1ccc(N2CCOCC2)cc1. The molecule has 2 aliphatic heterocycles. The van der Waals surface area contributed by atoms with Gasteiger partial charge in [-0.1, -0.05) is 24.3 Å². The highest BCUT2D eigenvalue weighted by atomic mass is 19.1. The second-order valence-corrected chi connectivity index (χ2v) is 8.09. The Labute approximate surface area is 177 Å². The number of ether oxygens (including phenoxy) is 2. The Hall–Kier alpha value is -2.44. The molecule has 160 valence electrons. The molecule has 0 aromatic heterocycles. The van der Waals surface area contributed by atoms with Crippen molar-refractivity contribution in [3.63, 3.8) is 0 Å². The average Bonchev–Trinajstić information content (AvgIpc) is 2.80. The Balaban J connectivity index is 1.49. The number of hydrogen-bond donors (Lipinski definition) is 1. The van der Waals surface area contributed by atoms with Crippen LogP contribution in [0.5, 0.6) is 0 Å². The topological polar surface area (TPSA) is 50.8 Å². The van der Waals surface area contributed by atoms with Crippen LogP contribution in [-0.2, 0) is 19.7 Å². The third kappa shape index (κ3) is 4.35. The number of carbonyl (C=O) groups is 1. The summed E-state index contributed by atoms with van der Waals surface area (Å²) < 4.78 is 24.8. The maximum Gasteiger partial charge on any atom is 0.231 e. The zero-order valence-corrected chi connectivity index (χ0v) is 17.4. The van der Waals surface area contributed by atoms with Crippen molar-refractivity contribution in [1.82, 2.24) is 5.32 Å². The highest BCUT2D eigenvalue weighted by molar-refractivity contribution is 5.88. The van der Waals surface area contributed by atoms with Crippen LogP contribution in [0.3, 0.4) is 0 Å². The monoisotopic (exact) mass is 412 g/mol. The molecule has 0 saturated carbocycles. The smallest absolute Gasteiger partial charge is 0.231 e. The molecule has 6 heteroatoms. The van der Waals surface area contributed by atoms with E-state index in [1.54, 1.807) is 6.07 Å². The second-order valence-electron chi connectivity index (χ2n) is 8.09. The molecule has 2 aliphatic rings. The van der Waals surface area contributed by atoms with Gasteiger partial charge in [-0.05, 0) is 55.2 Å². The van der Waals surface area contributed by atoms with E-state index in [0.29, 0.717) is 26.1 Å². The second kappa shape index (κ2) is 9.14. The van der Waals surface area contributed by atoms with Crippen molar-refractivity contribution >= 4 is 11.6 Å². The van der Waals surface area contributed by atoms with Crippen LogP contribution in [0.4, 0.5) is 10.1 Å². The number of benzene rings is 2. The van der Waals surface area contributed by atoms with Gasteiger partial charge in [-0.25, -0.2) is 4.39 Å². The normalized spacial score (nSPS) is 19.9. The molecule has 2 aromatic carbocycles. The quantitative estimate of drug-likeness (QED) is 0.816. The van der Waals surface area contributed by atoms with Gasteiger partial charge in [0.1, 0.15) is 5.82 Å². The fourth-order valence-corrected chi connectivity index (χ4v) is 4.37. The van der Waals surface area contributed by atoms with Gasteiger partial charge >= 0.3 is 0 Å². The van der Waals surface area contributed by atoms with Crippen LogP contribution in [0.1, 0.15) is 36.9 Å². The van der Waals surface area contributed by atoms with Gasteiger partial charge in [0.25, 0.3) is 0 Å². The first-order chi connectivity index (χ1) is 14.6.